The third kappa shape index (κ3) is 3.47. The van der Waals surface area contributed by atoms with Crippen molar-refractivity contribution in [1.82, 2.24) is 30.3 Å². The van der Waals surface area contributed by atoms with Gasteiger partial charge in [-0.15, -0.1) is 10.2 Å². The zero-order valence-electron chi connectivity index (χ0n) is 13.5. The summed E-state index contributed by atoms with van der Waals surface area (Å²) in [6, 6.07) is 13.1. The largest absolute Gasteiger partial charge is 0.333 e. The number of anilines is 1. The van der Waals surface area contributed by atoms with Gasteiger partial charge in [-0.05, 0) is 18.6 Å². The van der Waals surface area contributed by atoms with Crippen molar-refractivity contribution < 1.29 is 4.79 Å². The van der Waals surface area contributed by atoms with Gasteiger partial charge in [0.2, 0.25) is 0 Å². The smallest absolute Gasteiger partial charge is 0.320 e. The molecular formula is C17H17N7O. The summed E-state index contributed by atoms with van der Waals surface area (Å²) < 4.78 is 1.82. The Morgan fingerprint density at radius 2 is 2.00 bits per heavy atom. The molecule has 2 amide bonds. The molecule has 0 aliphatic carbocycles. The second-order valence-corrected chi connectivity index (χ2v) is 5.86. The van der Waals surface area contributed by atoms with E-state index in [4.69, 9.17) is 0 Å². The van der Waals surface area contributed by atoms with Crippen LogP contribution in [0, 0.1) is 0 Å². The minimum atomic E-state index is -0.296. The van der Waals surface area contributed by atoms with E-state index < -0.39 is 0 Å². The number of hydrogen-bond donors (Lipinski definition) is 2. The monoisotopic (exact) mass is 335 g/mol. The lowest BCUT2D eigenvalue weighted by Gasteiger charge is -2.23. The van der Waals surface area contributed by atoms with Crippen LogP contribution in [0.2, 0.25) is 0 Å². The molecule has 2 N–H and O–H groups in total. The molecule has 1 unspecified atom stereocenters. The van der Waals surface area contributed by atoms with Crippen LogP contribution in [-0.4, -0.2) is 37.0 Å². The minimum absolute atomic E-state index is 0.0192. The standard InChI is InChI=1S/C17H17N7O/c25-17(20-13-6-9-16-18-11-19-24(16)10-13)21-15-8-7-14(22-23-15)12-4-2-1-3-5-12/h1-5,7-8,11,13H,6,9-10H2,(H2,20,21,23,25). The van der Waals surface area contributed by atoms with Crippen LogP contribution in [0.1, 0.15) is 12.2 Å². The molecule has 1 aliphatic rings. The Morgan fingerprint density at radius 1 is 1.12 bits per heavy atom. The molecule has 0 bridgehead atoms. The van der Waals surface area contributed by atoms with Crippen LogP contribution >= 0.6 is 0 Å². The number of urea groups is 1. The van der Waals surface area contributed by atoms with Gasteiger partial charge >= 0.3 is 6.03 Å². The van der Waals surface area contributed by atoms with Gasteiger partial charge in [-0.2, -0.15) is 5.10 Å². The minimum Gasteiger partial charge on any atom is -0.333 e. The lowest BCUT2D eigenvalue weighted by Crippen LogP contribution is -2.43. The average molecular weight is 335 g/mol. The van der Waals surface area contributed by atoms with Crippen LogP contribution in [0.25, 0.3) is 11.3 Å². The van der Waals surface area contributed by atoms with Gasteiger partial charge in [0.05, 0.1) is 18.3 Å². The summed E-state index contributed by atoms with van der Waals surface area (Å²) in [5.41, 5.74) is 1.74. The van der Waals surface area contributed by atoms with Crippen LogP contribution in [0.3, 0.4) is 0 Å². The quantitative estimate of drug-likeness (QED) is 0.761. The Hall–Kier alpha value is -3.29. The predicted octanol–water partition coefficient (Wildman–Crippen LogP) is 1.87. The molecule has 8 nitrogen and oxygen atoms in total. The van der Waals surface area contributed by atoms with E-state index >= 15 is 0 Å². The molecule has 3 aromatic rings. The van der Waals surface area contributed by atoms with Crippen LogP contribution in [0.5, 0.6) is 0 Å². The molecule has 0 saturated carbocycles. The fourth-order valence-electron chi connectivity index (χ4n) is 2.86. The molecule has 8 heteroatoms. The van der Waals surface area contributed by atoms with Crippen LogP contribution in [-0.2, 0) is 13.0 Å². The number of amides is 2. The number of nitrogens with zero attached hydrogens (tertiary/aromatic N) is 5. The molecule has 0 saturated heterocycles. The maximum atomic E-state index is 12.2. The van der Waals surface area contributed by atoms with Gasteiger partial charge in [0.15, 0.2) is 5.82 Å². The van der Waals surface area contributed by atoms with Crippen molar-refractivity contribution in [3.8, 4) is 11.3 Å². The molecule has 25 heavy (non-hydrogen) atoms. The van der Waals surface area contributed by atoms with E-state index in [0.29, 0.717) is 12.4 Å². The summed E-state index contributed by atoms with van der Waals surface area (Å²) in [5.74, 6) is 1.37. The molecule has 1 aromatic carbocycles. The summed E-state index contributed by atoms with van der Waals surface area (Å²) in [6.45, 7) is 0.626. The molecule has 1 atom stereocenters. The number of fused-ring (bicyclic) bond motifs is 1. The van der Waals surface area contributed by atoms with E-state index in [1.807, 2.05) is 41.1 Å². The Kier molecular flexibility index (Phi) is 4.07. The normalized spacial score (nSPS) is 16.1. The highest BCUT2D eigenvalue weighted by molar-refractivity contribution is 5.88. The summed E-state index contributed by atoms with van der Waals surface area (Å²) in [4.78, 5) is 16.3. The Bertz CT molecular complexity index is 860. The third-order valence-electron chi connectivity index (χ3n) is 4.12. The summed E-state index contributed by atoms with van der Waals surface area (Å²) in [6.07, 6.45) is 3.18. The molecule has 0 radical (unpaired) electrons. The Labute approximate surface area is 144 Å². The van der Waals surface area contributed by atoms with Crippen molar-refractivity contribution >= 4 is 11.8 Å². The summed E-state index contributed by atoms with van der Waals surface area (Å²) >= 11 is 0. The maximum absolute atomic E-state index is 12.2. The lowest BCUT2D eigenvalue weighted by atomic mass is 10.1. The molecular weight excluding hydrogens is 318 g/mol. The van der Waals surface area contributed by atoms with Crippen LogP contribution < -0.4 is 10.6 Å². The summed E-state index contributed by atoms with van der Waals surface area (Å²) in [5, 5.41) is 18.0. The van der Waals surface area contributed by atoms with E-state index in [0.717, 1.165) is 29.9 Å². The first-order valence-corrected chi connectivity index (χ1v) is 8.11. The molecule has 2 aromatic heterocycles. The number of carbonyl (C=O) groups excluding carboxylic acids is 1. The van der Waals surface area contributed by atoms with E-state index in [-0.39, 0.29) is 12.1 Å². The molecule has 0 spiro atoms. The van der Waals surface area contributed by atoms with Crippen molar-refractivity contribution in [2.45, 2.75) is 25.4 Å². The number of hydrogen-bond acceptors (Lipinski definition) is 5. The van der Waals surface area contributed by atoms with Gasteiger partial charge in [0.25, 0.3) is 0 Å². The van der Waals surface area contributed by atoms with Crippen molar-refractivity contribution in [3.05, 3.63) is 54.6 Å². The molecule has 4 rings (SSSR count). The number of nitrogens with one attached hydrogen (secondary N) is 2. The van der Waals surface area contributed by atoms with Gasteiger partial charge < -0.3 is 5.32 Å². The average Bonchev–Trinajstić information content (AvgIpc) is 3.11. The van der Waals surface area contributed by atoms with E-state index in [1.165, 1.54) is 0 Å². The fourth-order valence-corrected chi connectivity index (χ4v) is 2.86. The van der Waals surface area contributed by atoms with Gasteiger partial charge in [0.1, 0.15) is 12.2 Å². The first kappa shape index (κ1) is 15.3. The van der Waals surface area contributed by atoms with Gasteiger partial charge in [-0.3, -0.25) is 5.32 Å². The first-order valence-electron chi connectivity index (χ1n) is 8.11. The van der Waals surface area contributed by atoms with E-state index in [1.54, 1.807) is 12.4 Å². The van der Waals surface area contributed by atoms with Crippen molar-refractivity contribution in [2.24, 2.45) is 0 Å². The van der Waals surface area contributed by atoms with Crippen molar-refractivity contribution in [2.75, 3.05) is 5.32 Å². The summed E-state index contributed by atoms with van der Waals surface area (Å²) in [7, 11) is 0. The zero-order chi connectivity index (χ0) is 17.1. The zero-order valence-corrected chi connectivity index (χ0v) is 13.5. The Balaban J connectivity index is 1.35. The second kappa shape index (κ2) is 6.68. The van der Waals surface area contributed by atoms with E-state index in [2.05, 4.69) is 30.9 Å². The van der Waals surface area contributed by atoms with Gasteiger partial charge in [-0.25, -0.2) is 14.5 Å². The highest BCUT2D eigenvalue weighted by Crippen LogP contribution is 2.16. The highest BCUT2D eigenvalue weighted by atomic mass is 16.2. The van der Waals surface area contributed by atoms with Crippen molar-refractivity contribution in [3.63, 3.8) is 0 Å². The topological polar surface area (TPSA) is 97.6 Å². The maximum Gasteiger partial charge on any atom is 0.320 e. The number of aromatic nitrogens is 5. The predicted molar refractivity (Wildman–Crippen MR) is 91.8 cm³/mol. The number of carbonyl (C=O) groups is 1. The van der Waals surface area contributed by atoms with Gasteiger partial charge in [0, 0.05) is 12.0 Å². The number of rotatable bonds is 3. The fraction of sp³-hybridized carbons (Fsp3) is 0.235. The first-order chi connectivity index (χ1) is 12.3. The SMILES string of the molecule is O=C(Nc1ccc(-c2ccccc2)nn1)NC1CCc2ncnn2C1. The highest BCUT2D eigenvalue weighted by Gasteiger charge is 2.21. The van der Waals surface area contributed by atoms with Crippen LogP contribution in [0.15, 0.2) is 48.8 Å². The van der Waals surface area contributed by atoms with E-state index in [9.17, 15) is 4.79 Å². The van der Waals surface area contributed by atoms with Gasteiger partial charge in [-0.1, -0.05) is 30.3 Å². The van der Waals surface area contributed by atoms with Crippen molar-refractivity contribution in [1.29, 1.82) is 0 Å². The molecule has 0 fully saturated rings. The lowest BCUT2D eigenvalue weighted by molar-refractivity contribution is 0.243. The number of aryl methyl sites for hydroxylation is 1. The molecule has 1 aliphatic heterocycles. The van der Waals surface area contributed by atoms with Crippen LogP contribution in [0.4, 0.5) is 10.6 Å². The molecule has 3 heterocycles. The molecule has 126 valence electrons. The number of benzene rings is 1. The Morgan fingerprint density at radius 3 is 2.80 bits per heavy atom. The third-order valence-corrected chi connectivity index (χ3v) is 4.12. The second-order valence-electron chi connectivity index (χ2n) is 5.86.